The third kappa shape index (κ3) is 4.98. The van der Waals surface area contributed by atoms with Crippen LogP contribution in [0.3, 0.4) is 0 Å². The molecule has 2 rings (SSSR count). The minimum atomic E-state index is -8.03. The van der Waals surface area contributed by atoms with Crippen LogP contribution in [0.1, 0.15) is 53.3 Å². The monoisotopic (exact) mass is 590 g/mol. The van der Waals surface area contributed by atoms with Crippen LogP contribution in [-0.4, -0.2) is 54.5 Å². The van der Waals surface area contributed by atoms with Crippen LogP contribution >= 0.6 is 0 Å². The molecule has 0 bridgehead atoms. The van der Waals surface area contributed by atoms with E-state index in [9.17, 15) is 66.7 Å². The van der Waals surface area contributed by atoms with Crippen molar-refractivity contribution in [3.8, 4) is 0 Å². The zero-order valence-electron chi connectivity index (χ0n) is 19.9. The Hall–Kier alpha value is -2.81. The van der Waals surface area contributed by atoms with Crippen molar-refractivity contribution in [1.82, 2.24) is 0 Å². The van der Waals surface area contributed by atoms with Crippen molar-refractivity contribution >= 4 is 11.6 Å². The van der Waals surface area contributed by atoms with Gasteiger partial charge in [0.05, 0.1) is 7.11 Å². The van der Waals surface area contributed by atoms with Gasteiger partial charge in [0.2, 0.25) is 5.78 Å². The standard InChI is InChI=1S/C23H19F13O3/c1-3-4-7-11(14-15(37)12-8-5-6-9-13(12)16(38)17(14)39-2)10-18(24,25)19(26,27)20(28,29)21(30,31)22(32,33)23(34,35)36/h5-6,8-9,11H,3-4,7,10H2,1-2H3. The van der Waals surface area contributed by atoms with Gasteiger partial charge in [0, 0.05) is 23.1 Å². The maximum absolute atomic E-state index is 14.7. The number of methoxy groups -OCH3 is 1. The van der Waals surface area contributed by atoms with Gasteiger partial charge in [-0.15, -0.1) is 0 Å². The van der Waals surface area contributed by atoms with E-state index in [1.165, 1.54) is 19.1 Å². The Morgan fingerprint density at radius 1 is 0.718 bits per heavy atom. The number of unbranched alkanes of at least 4 members (excludes halogenated alkanes) is 1. The summed E-state index contributed by atoms with van der Waals surface area (Å²) in [5.74, 6) is -43.3. The van der Waals surface area contributed by atoms with E-state index in [-0.39, 0.29) is 18.4 Å². The van der Waals surface area contributed by atoms with E-state index in [0.717, 1.165) is 19.2 Å². The van der Waals surface area contributed by atoms with E-state index >= 15 is 0 Å². The van der Waals surface area contributed by atoms with Crippen LogP contribution in [0.2, 0.25) is 0 Å². The average Bonchev–Trinajstić information content (AvgIpc) is 2.82. The van der Waals surface area contributed by atoms with Crippen molar-refractivity contribution in [2.45, 2.75) is 68.4 Å². The van der Waals surface area contributed by atoms with Gasteiger partial charge in [-0.3, -0.25) is 9.59 Å². The highest BCUT2D eigenvalue weighted by Gasteiger charge is 2.90. The summed E-state index contributed by atoms with van der Waals surface area (Å²) in [6.07, 6.45) is -10.9. The van der Waals surface area contributed by atoms with Gasteiger partial charge in [-0.2, -0.15) is 57.1 Å². The van der Waals surface area contributed by atoms with Gasteiger partial charge in [-0.1, -0.05) is 44.0 Å². The number of Topliss-reactive ketones (excluding diaryl/α,β-unsaturated/α-hetero) is 2. The lowest BCUT2D eigenvalue weighted by molar-refractivity contribution is -0.440. The number of carbonyl (C=O) groups is 2. The van der Waals surface area contributed by atoms with Crippen molar-refractivity contribution in [3.05, 3.63) is 46.7 Å². The van der Waals surface area contributed by atoms with Crippen molar-refractivity contribution < 1.29 is 71.4 Å². The summed E-state index contributed by atoms with van der Waals surface area (Å²) >= 11 is 0. The Balaban J connectivity index is 2.65. The molecule has 3 nitrogen and oxygen atoms in total. The third-order valence-electron chi connectivity index (χ3n) is 6.13. The molecule has 0 aromatic heterocycles. The number of ether oxygens (including phenoxy) is 1. The lowest BCUT2D eigenvalue weighted by atomic mass is 9.76. The summed E-state index contributed by atoms with van der Waals surface area (Å²) in [6, 6.07) is 4.69. The Morgan fingerprint density at radius 2 is 1.18 bits per heavy atom. The van der Waals surface area contributed by atoms with Crippen LogP contribution in [0.25, 0.3) is 0 Å². The van der Waals surface area contributed by atoms with Gasteiger partial charge in [0.25, 0.3) is 0 Å². The Morgan fingerprint density at radius 3 is 1.62 bits per heavy atom. The van der Waals surface area contributed by atoms with Gasteiger partial charge in [-0.05, 0) is 12.3 Å². The topological polar surface area (TPSA) is 43.4 Å². The highest BCUT2D eigenvalue weighted by atomic mass is 19.4. The van der Waals surface area contributed by atoms with Gasteiger partial charge >= 0.3 is 35.8 Å². The molecule has 1 atom stereocenters. The lowest BCUT2D eigenvalue weighted by Gasteiger charge is -2.40. The average molecular weight is 590 g/mol. The van der Waals surface area contributed by atoms with Crippen LogP contribution < -0.4 is 0 Å². The van der Waals surface area contributed by atoms with E-state index in [1.54, 1.807) is 0 Å². The first-order valence-electron chi connectivity index (χ1n) is 11.0. The molecule has 0 saturated carbocycles. The first-order chi connectivity index (χ1) is 17.5. The molecule has 1 aliphatic carbocycles. The van der Waals surface area contributed by atoms with E-state index < -0.39 is 83.0 Å². The summed E-state index contributed by atoms with van der Waals surface area (Å²) in [5, 5.41) is 0. The molecule has 0 saturated heterocycles. The summed E-state index contributed by atoms with van der Waals surface area (Å²) in [5.41, 5.74) is -1.72. The molecule has 0 heterocycles. The van der Waals surface area contributed by atoms with E-state index in [2.05, 4.69) is 0 Å². The predicted molar refractivity (Wildman–Crippen MR) is 108 cm³/mol. The molecule has 1 aromatic carbocycles. The number of hydrogen-bond acceptors (Lipinski definition) is 3. The summed E-state index contributed by atoms with van der Waals surface area (Å²) in [4.78, 5) is 25.8. The quantitative estimate of drug-likeness (QED) is 0.246. The first kappa shape index (κ1) is 32.4. The predicted octanol–water partition coefficient (Wildman–Crippen LogP) is 7.90. The number of hydrogen-bond donors (Lipinski definition) is 0. The van der Waals surface area contributed by atoms with Crippen LogP contribution in [0.5, 0.6) is 0 Å². The normalized spacial score (nSPS) is 16.9. The first-order valence-corrected chi connectivity index (χ1v) is 11.0. The molecule has 0 N–H and O–H groups in total. The van der Waals surface area contributed by atoms with E-state index in [1.807, 2.05) is 0 Å². The fourth-order valence-corrected chi connectivity index (χ4v) is 3.98. The molecule has 1 unspecified atom stereocenters. The second kappa shape index (κ2) is 10.3. The number of allylic oxidation sites excluding steroid dienone is 2. The molecule has 0 spiro atoms. The maximum Gasteiger partial charge on any atom is 0.460 e. The Labute approximate surface area is 212 Å². The van der Waals surface area contributed by atoms with Crippen molar-refractivity contribution in [1.29, 1.82) is 0 Å². The third-order valence-corrected chi connectivity index (χ3v) is 6.13. The van der Waals surface area contributed by atoms with Crippen LogP contribution in [0, 0.1) is 5.92 Å². The van der Waals surface area contributed by atoms with Crippen LogP contribution in [0.15, 0.2) is 35.6 Å². The van der Waals surface area contributed by atoms with Gasteiger partial charge in [0.1, 0.15) is 0 Å². The molecule has 0 radical (unpaired) electrons. The zero-order valence-corrected chi connectivity index (χ0v) is 19.9. The fourth-order valence-electron chi connectivity index (χ4n) is 3.98. The molecule has 0 aliphatic heterocycles. The summed E-state index contributed by atoms with van der Waals surface area (Å²) < 4.78 is 182. The van der Waals surface area contributed by atoms with E-state index in [4.69, 9.17) is 4.74 Å². The number of alkyl halides is 13. The van der Waals surface area contributed by atoms with Crippen molar-refractivity contribution in [2.24, 2.45) is 5.92 Å². The second-order valence-electron chi connectivity index (χ2n) is 8.69. The number of rotatable bonds is 11. The maximum atomic E-state index is 14.7. The fraction of sp³-hybridized carbons (Fsp3) is 0.565. The van der Waals surface area contributed by atoms with Gasteiger partial charge in [0.15, 0.2) is 11.5 Å². The number of carbonyl (C=O) groups excluding carboxylic acids is 2. The Kier molecular flexibility index (Phi) is 8.56. The molecule has 16 heteroatoms. The minimum Gasteiger partial charge on any atom is -0.492 e. The number of fused-ring (bicyclic) bond motifs is 1. The minimum absolute atomic E-state index is 0.110. The van der Waals surface area contributed by atoms with Crippen LogP contribution in [-0.2, 0) is 4.74 Å². The smallest absolute Gasteiger partial charge is 0.460 e. The summed E-state index contributed by atoms with van der Waals surface area (Å²) in [7, 11) is 0.784. The lowest BCUT2D eigenvalue weighted by Crippen LogP contribution is -2.70. The SMILES string of the molecule is CCCCC(CC(F)(F)C(F)(F)C(F)(F)C(F)(F)C(F)(F)C(F)(F)F)C1=C(OC)C(=O)c2ccccc2C1=O. The largest absolute Gasteiger partial charge is 0.492 e. The number of ketones is 2. The molecule has 1 aromatic rings. The molecule has 1 aliphatic rings. The van der Waals surface area contributed by atoms with Gasteiger partial charge in [-0.25, -0.2) is 0 Å². The zero-order chi connectivity index (χ0) is 30.4. The molecule has 0 fully saturated rings. The van der Waals surface area contributed by atoms with E-state index in [0.29, 0.717) is 0 Å². The highest BCUT2D eigenvalue weighted by molar-refractivity contribution is 6.26. The highest BCUT2D eigenvalue weighted by Crippen LogP contribution is 2.61. The molecular weight excluding hydrogens is 571 g/mol. The Bertz CT molecular complexity index is 1140. The molecule has 220 valence electrons. The van der Waals surface area contributed by atoms with Gasteiger partial charge < -0.3 is 4.74 Å². The van der Waals surface area contributed by atoms with Crippen molar-refractivity contribution in [2.75, 3.05) is 7.11 Å². The number of halogens is 13. The summed E-state index contributed by atoms with van der Waals surface area (Å²) in [6.45, 7) is 1.44. The second-order valence-corrected chi connectivity index (χ2v) is 8.69. The van der Waals surface area contributed by atoms with Crippen LogP contribution in [0.4, 0.5) is 57.1 Å². The number of benzene rings is 1. The molecule has 0 amide bonds. The molecular formula is C23H19F13O3. The van der Waals surface area contributed by atoms with Crippen molar-refractivity contribution in [3.63, 3.8) is 0 Å². The molecule has 39 heavy (non-hydrogen) atoms.